The maximum atomic E-state index is 11.9. The molecule has 0 saturated heterocycles. The molecule has 0 aromatic heterocycles. The zero-order chi connectivity index (χ0) is 17.6. The second-order valence-electron chi connectivity index (χ2n) is 6.48. The molecular weight excluding hydrogens is 314 g/mol. The Morgan fingerprint density at radius 2 is 1.68 bits per heavy atom. The van der Waals surface area contributed by atoms with Gasteiger partial charge in [0.05, 0.1) is 6.10 Å². The molecule has 1 aliphatic rings. The van der Waals surface area contributed by atoms with E-state index in [0.717, 1.165) is 12.8 Å². The number of rotatable bonds is 7. The van der Waals surface area contributed by atoms with Crippen LogP contribution in [-0.4, -0.2) is 30.5 Å². The number of hydrogen-bond donors (Lipinski definition) is 2. The first-order chi connectivity index (χ1) is 12.2. The van der Waals surface area contributed by atoms with E-state index in [0.29, 0.717) is 19.6 Å². The van der Waals surface area contributed by atoms with E-state index in [9.17, 15) is 9.90 Å². The predicted molar refractivity (Wildman–Crippen MR) is 98.6 cm³/mol. The third-order valence-electron chi connectivity index (χ3n) is 4.71. The highest BCUT2D eigenvalue weighted by molar-refractivity contribution is 5.79. The zero-order valence-electron chi connectivity index (χ0n) is 14.6. The fraction of sp³-hybridized carbons (Fsp3) is 0.381. The largest absolute Gasteiger partial charge is 0.449 e. The minimum Gasteiger partial charge on any atom is -0.449 e. The SMILES string of the molecule is CCCC(O)CCNC(=O)OCC1c2ccccc2-c2ccccc21. The lowest BCUT2D eigenvalue weighted by molar-refractivity contribution is 0.133. The molecule has 1 aliphatic carbocycles. The summed E-state index contributed by atoms with van der Waals surface area (Å²) in [6.45, 7) is 2.78. The van der Waals surface area contributed by atoms with Gasteiger partial charge in [0.15, 0.2) is 0 Å². The van der Waals surface area contributed by atoms with Crippen molar-refractivity contribution in [2.75, 3.05) is 13.2 Å². The van der Waals surface area contributed by atoms with Gasteiger partial charge in [-0.25, -0.2) is 4.79 Å². The van der Waals surface area contributed by atoms with E-state index < -0.39 is 6.09 Å². The highest BCUT2D eigenvalue weighted by Crippen LogP contribution is 2.44. The first-order valence-electron chi connectivity index (χ1n) is 8.97. The standard InChI is InChI=1S/C21H25NO3/c1-2-7-15(23)12-13-22-21(24)25-14-20-18-10-5-3-8-16(18)17-9-4-6-11-19(17)20/h3-6,8-11,15,20,23H,2,7,12-14H2,1H3,(H,22,24). The van der Waals surface area contributed by atoms with Crippen molar-refractivity contribution >= 4 is 6.09 Å². The summed E-state index contributed by atoms with van der Waals surface area (Å²) in [5.74, 6) is 0.0730. The van der Waals surface area contributed by atoms with Gasteiger partial charge >= 0.3 is 6.09 Å². The van der Waals surface area contributed by atoms with E-state index in [1.807, 2.05) is 31.2 Å². The smallest absolute Gasteiger partial charge is 0.407 e. The van der Waals surface area contributed by atoms with Crippen LogP contribution in [0.1, 0.15) is 43.2 Å². The molecule has 0 aliphatic heterocycles. The van der Waals surface area contributed by atoms with Crippen LogP contribution in [0.3, 0.4) is 0 Å². The molecule has 1 amide bonds. The third-order valence-corrected chi connectivity index (χ3v) is 4.71. The summed E-state index contributed by atoms with van der Waals surface area (Å²) in [6.07, 6.45) is 1.46. The monoisotopic (exact) mass is 339 g/mol. The lowest BCUT2D eigenvalue weighted by Gasteiger charge is -2.15. The molecule has 4 heteroatoms. The van der Waals surface area contributed by atoms with Crippen LogP contribution >= 0.6 is 0 Å². The van der Waals surface area contributed by atoms with Crippen LogP contribution in [-0.2, 0) is 4.74 Å². The number of carbonyl (C=O) groups is 1. The Balaban J connectivity index is 1.57. The van der Waals surface area contributed by atoms with Crippen molar-refractivity contribution in [3.05, 3.63) is 59.7 Å². The minimum atomic E-state index is -0.425. The Bertz CT molecular complexity index is 683. The molecule has 0 heterocycles. The van der Waals surface area contributed by atoms with E-state index in [1.54, 1.807) is 0 Å². The molecule has 4 nitrogen and oxygen atoms in total. The van der Waals surface area contributed by atoms with Gasteiger partial charge in [0, 0.05) is 12.5 Å². The number of aliphatic hydroxyl groups is 1. The molecule has 25 heavy (non-hydrogen) atoms. The van der Waals surface area contributed by atoms with Crippen molar-refractivity contribution in [3.8, 4) is 11.1 Å². The molecule has 0 radical (unpaired) electrons. The topological polar surface area (TPSA) is 58.6 Å². The quantitative estimate of drug-likeness (QED) is 0.799. The molecule has 2 aromatic rings. The highest BCUT2D eigenvalue weighted by atomic mass is 16.5. The molecule has 3 rings (SSSR count). The van der Waals surface area contributed by atoms with E-state index in [4.69, 9.17) is 4.74 Å². The lowest BCUT2D eigenvalue weighted by Crippen LogP contribution is -2.29. The van der Waals surface area contributed by atoms with E-state index in [1.165, 1.54) is 22.3 Å². The molecule has 2 aromatic carbocycles. The Hall–Kier alpha value is -2.33. The number of alkyl carbamates (subject to hydrolysis) is 1. The van der Waals surface area contributed by atoms with Crippen molar-refractivity contribution in [2.45, 2.75) is 38.2 Å². The van der Waals surface area contributed by atoms with Gasteiger partial charge < -0.3 is 15.2 Å². The van der Waals surface area contributed by atoms with Crippen molar-refractivity contribution < 1.29 is 14.6 Å². The van der Waals surface area contributed by atoms with E-state index in [2.05, 4.69) is 29.6 Å². The maximum Gasteiger partial charge on any atom is 0.407 e. The number of fused-ring (bicyclic) bond motifs is 3. The fourth-order valence-electron chi connectivity index (χ4n) is 3.47. The molecule has 0 bridgehead atoms. The van der Waals surface area contributed by atoms with Gasteiger partial charge in [-0.1, -0.05) is 61.9 Å². The molecular formula is C21H25NO3. The fourth-order valence-corrected chi connectivity index (χ4v) is 3.47. The number of benzene rings is 2. The van der Waals surface area contributed by atoms with Crippen molar-refractivity contribution in [1.82, 2.24) is 5.32 Å². The van der Waals surface area contributed by atoms with Gasteiger partial charge in [-0.15, -0.1) is 0 Å². The summed E-state index contributed by atoms with van der Waals surface area (Å²) in [5, 5.41) is 12.4. The van der Waals surface area contributed by atoms with Crippen LogP contribution in [0.15, 0.2) is 48.5 Å². The molecule has 0 spiro atoms. The van der Waals surface area contributed by atoms with Gasteiger partial charge in [-0.05, 0) is 35.1 Å². The molecule has 0 fully saturated rings. The molecule has 132 valence electrons. The van der Waals surface area contributed by atoms with Crippen LogP contribution < -0.4 is 5.32 Å². The first-order valence-corrected chi connectivity index (χ1v) is 8.97. The van der Waals surface area contributed by atoms with Crippen LogP contribution in [0, 0.1) is 0 Å². The summed E-state index contributed by atoms with van der Waals surface area (Å²) >= 11 is 0. The predicted octanol–water partition coefficient (Wildman–Crippen LogP) is 4.08. The van der Waals surface area contributed by atoms with Gasteiger partial charge in [-0.2, -0.15) is 0 Å². The number of ether oxygens (including phenoxy) is 1. The van der Waals surface area contributed by atoms with Crippen molar-refractivity contribution in [3.63, 3.8) is 0 Å². The van der Waals surface area contributed by atoms with Gasteiger partial charge in [0.2, 0.25) is 0 Å². The molecule has 2 N–H and O–H groups in total. The van der Waals surface area contributed by atoms with Gasteiger partial charge in [0.25, 0.3) is 0 Å². The summed E-state index contributed by atoms with van der Waals surface area (Å²) in [6, 6.07) is 16.5. The summed E-state index contributed by atoms with van der Waals surface area (Å²) in [7, 11) is 0. The second-order valence-corrected chi connectivity index (χ2v) is 6.48. The van der Waals surface area contributed by atoms with Crippen LogP contribution in [0.25, 0.3) is 11.1 Å². The number of nitrogens with one attached hydrogen (secondary N) is 1. The molecule has 1 unspecified atom stereocenters. The van der Waals surface area contributed by atoms with Gasteiger partial charge in [-0.3, -0.25) is 0 Å². The minimum absolute atomic E-state index is 0.0730. The summed E-state index contributed by atoms with van der Waals surface area (Å²) < 4.78 is 5.45. The number of amides is 1. The number of hydrogen-bond acceptors (Lipinski definition) is 3. The Morgan fingerprint density at radius 1 is 1.08 bits per heavy atom. The van der Waals surface area contributed by atoms with Crippen molar-refractivity contribution in [1.29, 1.82) is 0 Å². The zero-order valence-corrected chi connectivity index (χ0v) is 14.6. The van der Waals surface area contributed by atoms with Crippen LogP contribution in [0.5, 0.6) is 0 Å². The lowest BCUT2D eigenvalue weighted by atomic mass is 9.98. The maximum absolute atomic E-state index is 11.9. The first kappa shape index (κ1) is 17.5. The van der Waals surface area contributed by atoms with E-state index in [-0.39, 0.29) is 12.0 Å². The van der Waals surface area contributed by atoms with Crippen LogP contribution in [0.4, 0.5) is 4.79 Å². The molecule has 0 saturated carbocycles. The third kappa shape index (κ3) is 4.02. The average molecular weight is 339 g/mol. The Morgan fingerprint density at radius 3 is 2.28 bits per heavy atom. The van der Waals surface area contributed by atoms with E-state index >= 15 is 0 Å². The summed E-state index contributed by atoms with van der Waals surface area (Å²) in [4.78, 5) is 11.9. The summed E-state index contributed by atoms with van der Waals surface area (Å²) in [5.41, 5.74) is 4.84. The van der Waals surface area contributed by atoms with Crippen LogP contribution in [0.2, 0.25) is 0 Å². The Labute approximate surface area is 148 Å². The van der Waals surface area contributed by atoms with Gasteiger partial charge in [0.1, 0.15) is 6.61 Å². The number of aliphatic hydroxyl groups excluding tert-OH is 1. The average Bonchev–Trinajstić information content (AvgIpc) is 2.94. The molecule has 1 atom stereocenters. The number of carbonyl (C=O) groups excluding carboxylic acids is 1. The van der Waals surface area contributed by atoms with Crippen molar-refractivity contribution in [2.24, 2.45) is 0 Å². The normalized spacial score (nSPS) is 13.8. The second kappa shape index (κ2) is 8.17. The Kier molecular flexibility index (Phi) is 5.71. The highest BCUT2D eigenvalue weighted by Gasteiger charge is 2.28.